The van der Waals surface area contributed by atoms with Crippen LogP contribution in [-0.4, -0.2) is 27.5 Å². The van der Waals surface area contributed by atoms with Crippen LogP contribution in [0.4, 0.5) is 0 Å². The molecule has 0 radical (unpaired) electrons. The minimum absolute atomic E-state index is 0.0619. The van der Waals surface area contributed by atoms with Gasteiger partial charge in [-0.3, -0.25) is 4.79 Å². The highest BCUT2D eigenvalue weighted by atomic mass is 32.2. The number of hydrogen-bond acceptors (Lipinski definition) is 6. The van der Waals surface area contributed by atoms with Crippen LogP contribution in [0.25, 0.3) is 0 Å². The molecule has 0 amide bonds. The van der Waals surface area contributed by atoms with E-state index in [-0.39, 0.29) is 23.2 Å². The summed E-state index contributed by atoms with van der Waals surface area (Å²) < 4.78 is 35.6. The Kier molecular flexibility index (Phi) is 7.81. The Balaban J connectivity index is 1.77. The van der Waals surface area contributed by atoms with Crippen molar-refractivity contribution in [3.05, 3.63) is 96.1 Å². The van der Waals surface area contributed by atoms with Crippen molar-refractivity contribution < 1.29 is 22.1 Å². The van der Waals surface area contributed by atoms with Gasteiger partial charge in [0.2, 0.25) is 0 Å². The van der Waals surface area contributed by atoms with Gasteiger partial charge in [0.1, 0.15) is 10.6 Å². The first-order valence-corrected chi connectivity index (χ1v) is 11.4. The molecule has 0 heterocycles. The molecular weight excluding hydrogens is 414 g/mol. The standard InChI is InChI=1S/C24H25NO5S/c1-2-29-24(26)23(18-25-17-19-10-5-3-6-11-19)20-12-9-13-21(16-20)30-31(27,28)22-14-7-4-8-15-22/h3-16,23,25H,2,17-18H2,1H3. The second kappa shape index (κ2) is 10.7. The molecule has 6 nitrogen and oxygen atoms in total. The third-order valence-electron chi connectivity index (χ3n) is 4.59. The van der Waals surface area contributed by atoms with Gasteiger partial charge in [0.25, 0.3) is 0 Å². The van der Waals surface area contributed by atoms with Crippen LogP contribution < -0.4 is 9.50 Å². The Bertz CT molecular complexity index is 1090. The molecule has 0 aromatic heterocycles. The minimum atomic E-state index is -3.97. The molecule has 3 rings (SSSR count). The molecule has 0 aliphatic heterocycles. The summed E-state index contributed by atoms with van der Waals surface area (Å²) in [5.41, 5.74) is 1.70. The van der Waals surface area contributed by atoms with Crippen molar-refractivity contribution in [3.8, 4) is 5.75 Å². The van der Waals surface area contributed by atoms with Gasteiger partial charge in [0.05, 0.1) is 12.5 Å². The fourth-order valence-electron chi connectivity index (χ4n) is 3.08. The van der Waals surface area contributed by atoms with E-state index in [4.69, 9.17) is 8.92 Å². The third-order valence-corrected chi connectivity index (χ3v) is 5.85. The molecule has 0 saturated carbocycles. The Hall–Kier alpha value is -3.16. The lowest BCUT2D eigenvalue weighted by Gasteiger charge is -2.18. The van der Waals surface area contributed by atoms with Crippen molar-refractivity contribution in [1.29, 1.82) is 0 Å². The summed E-state index contributed by atoms with van der Waals surface area (Å²) in [5.74, 6) is -0.850. The molecule has 31 heavy (non-hydrogen) atoms. The topological polar surface area (TPSA) is 81.7 Å². The number of carbonyl (C=O) groups excluding carboxylic acids is 1. The van der Waals surface area contributed by atoms with Gasteiger partial charge in [-0.2, -0.15) is 8.42 Å². The molecule has 0 fully saturated rings. The number of nitrogens with one attached hydrogen (secondary N) is 1. The molecule has 1 unspecified atom stereocenters. The van der Waals surface area contributed by atoms with E-state index < -0.39 is 16.0 Å². The summed E-state index contributed by atoms with van der Waals surface area (Å²) >= 11 is 0. The zero-order valence-corrected chi connectivity index (χ0v) is 18.0. The van der Waals surface area contributed by atoms with E-state index in [1.165, 1.54) is 12.1 Å². The lowest BCUT2D eigenvalue weighted by atomic mass is 9.98. The van der Waals surface area contributed by atoms with E-state index in [2.05, 4.69) is 5.32 Å². The molecule has 162 valence electrons. The number of carbonyl (C=O) groups is 1. The predicted octanol–water partition coefficient (Wildman–Crippen LogP) is 3.89. The fourth-order valence-corrected chi connectivity index (χ4v) is 4.03. The Labute approximate surface area is 183 Å². The summed E-state index contributed by atoms with van der Waals surface area (Å²) in [5, 5.41) is 3.27. The first-order chi connectivity index (χ1) is 15.0. The number of rotatable bonds is 10. The fraction of sp³-hybridized carbons (Fsp3) is 0.208. The number of ether oxygens (including phenoxy) is 1. The van der Waals surface area contributed by atoms with Gasteiger partial charge in [-0.1, -0.05) is 60.7 Å². The molecule has 0 aliphatic carbocycles. The summed E-state index contributed by atoms with van der Waals surface area (Å²) in [6.45, 7) is 2.93. The van der Waals surface area contributed by atoms with Gasteiger partial charge in [-0.05, 0) is 42.3 Å². The maximum atomic E-state index is 12.6. The second-order valence-electron chi connectivity index (χ2n) is 6.84. The van der Waals surface area contributed by atoms with Gasteiger partial charge in [-0.25, -0.2) is 0 Å². The van der Waals surface area contributed by atoms with E-state index >= 15 is 0 Å². The first kappa shape index (κ1) is 22.5. The van der Waals surface area contributed by atoms with Gasteiger partial charge in [0.15, 0.2) is 0 Å². The molecule has 0 bridgehead atoms. The lowest BCUT2D eigenvalue weighted by molar-refractivity contribution is -0.144. The van der Waals surface area contributed by atoms with E-state index in [9.17, 15) is 13.2 Å². The van der Waals surface area contributed by atoms with E-state index in [0.29, 0.717) is 18.7 Å². The van der Waals surface area contributed by atoms with Crippen LogP contribution in [0.1, 0.15) is 24.0 Å². The Morgan fingerprint density at radius 1 is 0.935 bits per heavy atom. The van der Waals surface area contributed by atoms with Gasteiger partial charge >= 0.3 is 16.1 Å². The van der Waals surface area contributed by atoms with Crippen molar-refractivity contribution in [1.82, 2.24) is 5.32 Å². The summed E-state index contributed by atoms with van der Waals surface area (Å²) in [6.07, 6.45) is 0. The number of benzene rings is 3. The van der Waals surface area contributed by atoms with Crippen LogP contribution in [0.15, 0.2) is 89.8 Å². The van der Waals surface area contributed by atoms with Gasteiger partial charge in [-0.15, -0.1) is 0 Å². The predicted molar refractivity (Wildman–Crippen MR) is 118 cm³/mol. The Morgan fingerprint density at radius 3 is 2.29 bits per heavy atom. The zero-order valence-electron chi connectivity index (χ0n) is 17.2. The molecule has 3 aromatic carbocycles. The highest BCUT2D eigenvalue weighted by Crippen LogP contribution is 2.25. The van der Waals surface area contributed by atoms with Crippen molar-refractivity contribution in [3.63, 3.8) is 0 Å². The SMILES string of the molecule is CCOC(=O)C(CNCc1ccccc1)c1cccc(OS(=O)(=O)c2ccccc2)c1. The molecule has 0 spiro atoms. The highest BCUT2D eigenvalue weighted by molar-refractivity contribution is 7.87. The maximum absolute atomic E-state index is 12.6. The van der Waals surface area contributed by atoms with Crippen molar-refractivity contribution in [2.24, 2.45) is 0 Å². The van der Waals surface area contributed by atoms with Crippen LogP contribution in [0.5, 0.6) is 5.75 Å². The van der Waals surface area contributed by atoms with E-state index in [1.54, 1.807) is 49.4 Å². The van der Waals surface area contributed by atoms with Gasteiger partial charge < -0.3 is 14.2 Å². The maximum Gasteiger partial charge on any atom is 0.339 e. The summed E-state index contributed by atoms with van der Waals surface area (Å²) in [4.78, 5) is 12.6. The average molecular weight is 440 g/mol. The average Bonchev–Trinajstić information content (AvgIpc) is 2.78. The molecule has 7 heteroatoms. The van der Waals surface area contributed by atoms with Crippen LogP contribution in [0, 0.1) is 0 Å². The van der Waals surface area contributed by atoms with Crippen LogP contribution in [-0.2, 0) is 26.2 Å². The normalized spacial score (nSPS) is 12.2. The number of esters is 1. The molecule has 1 N–H and O–H groups in total. The molecular formula is C24H25NO5S. The Morgan fingerprint density at radius 2 is 1.61 bits per heavy atom. The van der Waals surface area contributed by atoms with Crippen molar-refractivity contribution in [2.45, 2.75) is 24.3 Å². The molecule has 0 aliphatic rings. The zero-order chi connectivity index (χ0) is 22.1. The molecule has 0 saturated heterocycles. The number of hydrogen-bond donors (Lipinski definition) is 1. The van der Waals surface area contributed by atoms with Crippen LogP contribution in [0.3, 0.4) is 0 Å². The monoisotopic (exact) mass is 439 g/mol. The quantitative estimate of drug-likeness (QED) is 0.381. The largest absolute Gasteiger partial charge is 0.465 e. The van der Waals surface area contributed by atoms with Crippen LogP contribution >= 0.6 is 0 Å². The summed E-state index contributed by atoms with van der Waals surface area (Å²) in [7, 11) is -3.97. The first-order valence-electron chi connectivity index (χ1n) is 10.0. The van der Waals surface area contributed by atoms with Crippen LogP contribution in [0.2, 0.25) is 0 Å². The minimum Gasteiger partial charge on any atom is -0.465 e. The van der Waals surface area contributed by atoms with Crippen molar-refractivity contribution >= 4 is 16.1 Å². The third kappa shape index (κ3) is 6.41. The second-order valence-corrected chi connectivity index (χ2v) is 8.39. The molecule has 3 aromatic rings. The smallest absolute Gasteiger partial charge is 0.339 e. The van der Waals surface area contributed by atoms with E-state index in [0.717, 1.165) is 5.56 Å². The van der Waals surface area contributed by atoms with Crippen molar-refractivity contribution in [2.75, 3.05) is 13.2 Å². The molecule has 1 atom stereocenters. The summed E-state index contributed by atoms with van der Waals surface area (Å²) in [6, 6.07) is 24.3. The lowest BCUT2D eigenvalue weighted by Crippen LogP contribution is -2.28. The van der Waals surface area contributed by atoms with Gasteiger partial charge in [0, 0.05) is 13.1 Å². The highest BCUT2D eigenvalue weighted by Gasteiger charge is 2.23. The van der Waals surface area contributed by atoms with E-state index in [1.807, 2.05) is 30.3 Å².